The van der Waals surface area contributed by atoms with E-state index in [0.29, 0.717) is 17.8 Å². The van der Waals surface area contributed by atoms with Crippen molar-refractivity contribution in [2.75, 3.05) is 12.4 Å². The van der Waals surface area contributed by atoms with Crippen molar-refractivity contribution < 1.29 is 9.53 Å². The van der Waals surface area contributed by atoms with Gasteiger partial charge in [0.05, 0.1) is 24.1 Å². The molecule has 4 rings (SSSR count). The van der Waals surface area contributed by atoms with E-state index in [2.05, 4.69) is 19.2 Å². The van der Waals surface area contributed by atoms with Gasteiger partial charge in [0.2, 0.25) is 0 Å². The molecule has 27 heavy (non-hydrogen) atoms. The smallest absolute Gasteiger partial charge is 0.169 e. The van der Waals surface area contributed by atoms with Crippen molar-refractivity contribution in [1.29, 1.82) is 0 Å². The minimum absolute atomic E-state index is 0.0754. The van der Waals surface area contributed by atoms with Crippen molar-refractivity contribution in [3.05, 3.63) is 65.9 Å². The number of hydrogen-bond donors (Lipinski definition) is 1. The van der Waals surface area contributed by atoms with Gasteiger partial charge < -0.3 is 10.1 Å². The number of aromatic nitrogens is 2. The van der Waals surface area contributed by atoms with E-state index in [-0.39, 0.29) is 11.2 Å². The van der Waals surface area contributed by atoms with Crippen LogP contribution in [0, 0.1) is 5.41 Å². The fraction of sp³-hybridized carbons (Fsp3) is 0.273. The lowest BCUT2D eigenvalue weighted by molar-refractivity contribution is 0.0912. The van der Waals surface area contributed by atoms with Crippen LogP contribution in [0.5, 0.6) is 5.75 Å². The Labute approximate surface area is 159 Å². The zero-order valence-electron chi connectivity index (χ0n) is 15.8. The predicted molar refractivity (Wildman–Crippen MR) is 106 cm³/mol. The van der Waals surface area contributed by atoms with E-state index in [1.165, 1.54) is 0 Å². The van der Waals surface area contributed by atoms with Gasteiger partial charge in [0.1, 0.15) is 5.75 Å². The SMILES string of the molecule is COc1ccc(Nc2nn(-c3ccccc3)c3c2C(=O)CC(C)(C)C3)cc1. The summed E-state index contributed by atoms with van der Waals surface area (Å²) in [6, 6.07) is 17.6. The largest absolute Gasteiger partial charge is 0.497 e. The molecule has 0 fully saturated rings. The molecular weight excluding hydrogens is 338 g/mol. The maximum absolute atomic E-state index is 12.9. The molecule has 1 N–H and O–H groups in total. The normalized spacial score (nSPS) is 15.3. The Morgan fingerprint density at radius 2 is 1.74 bits per heavy atom. The van der Waals surface area contributed by atoms with Gasteiger partial charge in [-0.15, -0.1) is 5.10 Å². The number of methoxy groups -OCH3 is 1. The molecule has 2 aromatic carbocycles. The maximum atomic E-state index is 12.9. The molecule has 5 nitrogen and oxygen atoms in total. The zero-order valence-corrected chi connectivity index (χ0v) is 15.8. The molecule has 0 radical (unpaired) electrons. The molecular formula is C22H23N3O2. The Morgan fingerprint density at radius 1 is 1.04 bits per heavy atom. The molecule has 0 saturated carbocycles. The Morgan fingerprint density at radius 3 is 2.41 bits per heavy atom. The summed E-state index contributed by atoms with van der Waals surface area (Å²) in [6.07, 6.45) is 1.33. The third kappa shape index (κ3) is 3.33. The van der Waals surface area contributed by atoms with E-state index in [4.69, 9.17) is 9.84 Å². The van der Waals surface area contributed by atoms with Gasteiger partial charge in [0.25, 0.3) is 0 Å². The number of Topliss-reactive ketones (excluding diaryl/α,β-unsaturated/α-hetero) is 1. The van der Waals surface area contributed by atoms with Gasteiger partial charge in [0.15, 0.2) is 11.6 Å². The predicted octanol–water partition coefficient (Wildman–Crippen LogP) is 4.78. The van der Waals surface area contributed by atoms with Crippen LogP contribution in [-0.4, -0.2) is 22.7 Å². The van der Waals surface area contributed by atoms with Crippen LogP contribution in [0.1, 0.15) is 36.3 Å². The summed E-state index contributed by atoms with van der Waals surface area (Å²) in [6.45, 7) is 4.26. The van der Waals surface area contributed by atoms with Gasteiger partial charge in [-0.25, -0.2) is 4.68 Å². The number of para-hydroxylation sites is 1. The van der Waals surface area contributed by atoms with Crippen molar-refractivity contribution in [2.24, 2.45) is 5.41 Å². The second-order valence-electron chi connectivity index (χ2n) is 7.71. The van der Waals surface area contributed by atoms with E-state index >= 15 is 0 Å². The average molecular weight is 361 g/mol. The molecule has 1 aliphatic rings. The zero-order chi connectivity index (χ0) is 19.0. The maximum Gasteiger partial charge on any atom is 0.169 e. The number of fused-ring (bicyclic) bond motifs is 1. The molecule has 0 spiro atoms. The van der Waals surface area contributed by atoms with Crippen molar-refractivity contribution in [3.63, 3.8) is 0 Å². The lowest BCUT2D eigenvalue weighted by Gasteiger charge is -2.29. The number of ether oxygens (including phenoxy) is 1. The average Bonchev–Trinajstić information content (AvgIpc) is 3.00. The molecule has 0 amide bonds. The minimum atomic E-state index is -0.0754. The molecule has 1 aliphatic carbocycles. The quantitative estimate of drug-likeness (QED) is 0.727. The number of rotatable bonds is 4. The summed E-state index contributed by atoms with van der Waals surface area (Å²) < 4.78 is 7.11. The molecule has 0 atom stereocenters. The monoisotopic (exact) mass is 361 g/mol. The Bertz CT molecular complexity index is 973. The van der Waals surface area contributed by atoms with Crippen LogP contribution in [0.25, 0.3) is 5.69 Å². The first-order valence-electron chi connectivity index (χ1n) is 9.08. The lowest BCUT2D eigenvalue weighted by atomic mass is 9.76. The molecule has 0 bridgehead atoms. The molecule has 5 heteroatoms. The number of nitrogens with zero attached hydrogens (tertiary/aromatic N) is 2. The Kier molecular flexibility index (Phi) is 4.22. The summed E-state index contributed by atoms with van der Waals surface area (Å²) in [5, 5.41) is 8.09. The number of carbonyl (C=O) groups excluding carboxylic acids is 1. The summed E-state index contributed by atoms with van der Waals surface area (Å²) >= 11 is 0. The van der Waals surface area contributed by atoms with Crippen molar-refractivity contribution in [3.8, 4) is 11.4 Å². The molecule has 0 saturated heterocycles. The molecule has 1 heterocycles. The number of nitrogens with one attached hydrogen (secondary N) is 1. The van der Waals surface area contributed by atoms with Gasteiger partial charge >= 0.3 is 0 Å². The van der Waals surface area contributed by atoms with Crippen LogP contribution < -0.4 is 10.1 Å². The highest BCUT2D eigenvalue weighted by Crippen LogP contribution is 2.39. The van der Waals surface area contributed by atoms with Crippen molar-refractivity contribution >= 4 is 17.3 Å². The van der Waals surface area contributed by atoms with Crippen LogP contribution in [0.15, 0.2) is 54.6 Å². The Hall–Kier alpha value is -3.08. The van der Waals surface area contributed by atoms with Crippen LogP contribution >= 0.6 is 0 Å². The Balaban J connectivity index is 1.80. The fourth-order valence-electron chi connectivity index (χ4n) is 3.63. The molecule has 0 aliphatic heterocycles. The first-order chi connectivity index (χ1) is 13.0. The summed E-state index contributed by atoms with van der Waals surface area (Å²) in [5.41, 5.74) is 3.43. The molecule has 3 aromatic rings. The summed E-state index contributed by atoms with van der Waals surface area (Å²) in [5.74, 6) is 1.54. The highest BCUT2D eigenvalue weighted by molar-refractivity contribution is 6.03. The highest BCUT2D eigenvalue weighted by Gasteiger charge is 2.36. The van der Waals surface area contributed by atoms with Crippen LogP contribution in [0.2, 0.25) is 0 Å². The van der Waals surface area contributed by atoms with Gasteiger partial charge in [-0.2, -0.15) is 0 Å². The molecule has 0 unspecified atom stereocenters. The molecule has 1 aromatic heterocycles. The van der Waals surface area contributed by atoms with Crippen LogP contribution in [0.4, 0.5) is 11.5 Å². The lowest BCUT2D eigenvalue weighted by Crippen LogP contribution is -2.28. The van der Waals surface area contributed by atoms with E-state index < -0.39 is 0 Å². The summed E-state index contributed by atoms with van der Waals surface area (Å²) in [4.78, 5) is 12.9. The molecule has 138 valence electrons. The number of benzene rings is 2. The third-order valence-corrected chi connectivity index (χ3v) is 4.90. The van der Waals surface area contributed by atoms with E-state index in [0.717, 1.165) is 29.2 Å². The third-order valence-electron chi connectivity index (χ3n) is 4.90. The number of ketones is 1. The minimum Gasteiger partial charge on any atom is -0.497 e. The van der Waals surface area contributed by atoms with Gasteiger partial charge in [-0.3, -0.25) is 4.79 Å². The van der Waals surface area contributed by atoms with E-state index in [1.807, 2.05) is 59.3 Å². The fourth-order valence-corrected chi connectivity index (χ4v) is 3.63. The van der Waals surface area contributed by atoms with Crippen LogP contribution in [-0.2, 0) is 6.42 Å². The topological polar surface area (TPSA) is 56.1 Å². The van der Waals surface area contributed by atoms with Gasteiger partial charge in [-0.1, -0.05) is 32.0 Å². The van der Waals surface area contributed by atoms with Gasteiger partial charge in [0, 0.05) is 12.1 Å². The van der Waals surface area contributed by atoms with E-state index in [1.54, 1.807) is 7.11 Å². The second-order valence-corrected chi connectivity index (χ2v) is 7.71. The van der Waals surface area contributed by atoms with Crippen molar-refractivity contribution in [2.45, 2.75) is 26.7 Å². The standard InChI is InChI=1S/C22H23N3O2/c1-22(2)13-18-20(19(26)14-22)21(23-15-9-11-17(27-3)12-10-15)24-25(18)16-7-5-4-6-8-16/h4-12H,13-14H2,1-3H3,(H,23,24). The van der Waals surface area contributed by atoms with Gasteiger partial charge in [-0.05, 0) is 48.2 Å². The second kappa shape index (κ2) is 6.58. The highest BCUT2D eigenvalue weighted by atomic mass is 16.5. The number of carbonyl (C=O) groups is 1. The van der Waals surface area contributed by atoms with Crippen LogP contribution in [0.3, 0.4) is 0 Å². The first kappa shape index (κ1) is 17.3. The number of anilines is 2. The van der Waals surface area contributed by atoms with E-state index in [9.17, 15) is 4.79 Å². The first-order valence-corrected chi connectivity index (χ1v) is 9.08. The number of hydrogen-bond acceptors (Lipinski definition) is 4. The van der Waals surface area contributed by atoms with Crippen molar-refractivity contribution in [1.82, 2.24) is 9.78 Å². The summed E-state index contributed by atoms with van der Waals surface area (Å²) in [7, 11) is 1.64.